The van der Waals surface area contributed by atoms with Crippen molar-refractivity contribution in [2.24, 2.45) is 5.41 Å². The summed E-state index contributed by atoms with van der Waals surface area (Å²) >= 11 is 0. The Kier molecular flexibility index (Phi) is 3.93. The van der Waals surface area contributed by atoms with Gasteiger partial charge >= 0.3 is 5.97 Å². The zero-order chi connectivity index (χ0) is 14.8. The third-order valence-corrected chi connectivity index (χ3v) is 3.80. The van der Waals surface area contributed by atoms with Gasteiger partial charge in [-0.15, -0.1) is 0 Å². The molecule has 1 aromatic rings. The van der Waals surface area contributed by atoms with Gasteiger partial charge in [0.05, 0.1) is 0 Å². The fourth-order valence-electron chi connectivity index (χ4n) is 2.56. The molecule has 0 saturated heterocycles. The molecular weight excluding hydrogens is 254 g/mol. The Labute approximate surface area is 118 Å². The highest BCUT2D eigenvalue weighted by Crippen LogP contribution is 2.37. The normalized spacial score (nSPS) is 22.0. The van der Waals surface area contributed by atoms with Crippen LogP contribution in [0.4, 0.5) is 5.69 Å². The number of benzene rings is 1. The zero-order valence-electron chi connectivity index (χ0n) is 11.8. The number of hydrogen-bond donors (Lipinski definition) is 2. The number of nitrogens with one attached hydrogen (secondary N) is 1. The van der Waals surface area contributed by atoms with Crippen LogP contribution in [0.25, 0.3) is 0 Å². The van der Waals surface area contributed by atoms with E-state index in [4.69, 9.17) is 0 Å². The molecule has 0 radical (unpaired) electrons. The van der Waals surface area contributed by atoms with Crippen LogP contribution in [0.5, 0.6) is 0 Å². The van der Waals surface area contributed by atoms with Crippen molar-refractivity contribution >= 4 is 17.6 Å². The van der Waals surface area contributed by atoms with Crippen LogP contribution in [-0.2, 0) is 9.59 Å². The molecule has 0 aliphatic heterocycles. The highest BCUT2D eigenvalue weighted by atomic mass is 16.4. The lowest BCUT2D eigenvalue weighted by Gasteiger charge is -2.31. The standard InChI is InChI=1S/C16H19NO3/c1-11-5-7-13(8-6-11)17-14(18)16(15(19)20)9-3-4-12(2)10-16/h4-8H,3,9-10H2,1-2H3,(H,17,18)(H,19,20). The Hall–Kier alpha value is -2.10. The number of carboxylic acids is 1. The summed E-state index contributed by atoms with van der Waals surface area (Å²) in [5.74, 6) is -1.48. The summed E-state index contributed by atoms with van der Waals surface area (Å²) in [5, 5.41) is 12.2. The lowest BCUT2D eigenvalue weighted by atomic mass is 9.73. The number of allylic oxidation sites excluding steroid dienone is 2. The van der Waals surface area contributed by atoms with Gasteiger partial charge in [0.1, 0.15) is 0 Å². The van der Waals surface area contributed by atoms with Crippen LogP contribution in [0.2, 0.25) is 0 Å². The average molecular weight is 273 g/mol. The number of carboxylic acid groups (broad SMARTS) is 1. The summed E-state index contributed by atoms with van der Waals surface area (Å²) in [6, 6.07) is 7.34. The molecule has 1 aromatic carbocycles. The summed E-state index contributed by atoms with van der Waals surface area (Å²) in [6.45, 7) is 3.83. The van der Waals surface area contributed by atoms with Gasteiger partial charge in [-0.3, -0.25) is 9.59 Å². The van der Waals surface area contributed by atoms with Crippen LogP contribution in [0.3, 0.4) is 0 Å². The van der Waals surface area contributed by atoms with E-state index in [0.29, 0.717) is 18.5 Å². The molecule has 2 rings (SSSR count). The van der Waals surface area contributed by atoms with Crippen LogP contribution in [0.15, 0.2) is 35.9 Å². The van der Waals surface area contributed by atoms with Crippen molar-refractivity contribution in [1.29, 1.82) is 0 Å². The molecule has 0 saturated carbocycles. The Balaban J connectivity index is 2.22. The van der Waals surface area contributed by atoms with Gasteiger partial charge in [-0.25, -0.2) is 0 Å². The van der Waals surface area contributed by atoms with Gasteiger partial charge in [0, 0.05) is 5.69 Å². The van der Waals surface area contributed by atoms with Crippen LogP contribution < -0.4 is 5.32 Å². The number of amides is 1. The van der Waals surface area contributed by atoms with Crippen molar-refractivity contribution in [2.75, 3.05) is 5.32 Å². The Morgan fingerprint density at radius 1 is 1.20 bits per heavy atom. The third kappa shape index (κ3) is 2.74. The second-order valence-electron chi connectivity index (χ2n) is 5.47. The van der Waals surface area contributed by atoms with Crippen molar-refractivity contribution in [3.8, 4) is 0 Å². The summed E-state index contributed by atoms with van der Waals surface area (Å²) in [6.07, 6.45) is 3.25. The van der Waals surface area contributed by atoms with Crippen molar-refractivity contribution in [1.82, 2.24) is 0 Å². The molecule has 0 spiro atoms. The summed E-state index contributed by atoms with van der Waals surface area (Å²) in [4.78, 5) is 24.1. The SMILES string of the molecule is CC1=CCCC(C(=O)O)(C(=O)Nc2ccc(C)cc2)C1. The van der Waals surface area contributed by atoms with Crippen LogP contribution >= 0.6 is 0 Å². The Morgan fingerprint density at radius 3 is 2.40 bits per heavy atom. The highest BCUT2D eigenvalue weighted by Gasteiger charge is 2.46. The lowest BCUT2D eigenvalue weighted by molar-refractivity contribution is -0.154. The molecule has 1 atom stereocenters. The summed E-state index contributed by atoms with van der Waals surface area (Å²) in [5.41, 5.74) is 1.34. The van der Waals surface area contributed by atoms with Crippen molar-refractivity contribution in [3.63, 3.8) is 0 Å². The molecule has 0 aromatic heterocycles. The molecular formula is C16H19NO3. The van der Waals surface area contributed by atoms with Crippen LogP contribution in [0.1, 0.15) is 31.7 Å². The molecule has 1 amide bonds. The van der Waals surface area contributed by atoms with E-state index in [1.165, 1.54) is 0 Å². The van der Waals surface area contributed by atoms with Crippen LogP contribution in [0, 0.1) is 12.3 Å². The van der Waals surface area contributed by atoms with Crippen molar-refractivity contribution in [3.05, 3.63) is 41.5 Å². The number of carbonyl (C=O) groups is 2. The van der Waals surface area contributed by atoms with E-state index >= 15 is 0 Å². The first-order valence-corrected chi connectivity index (χ1v) is 6.71. The molecule has 2 N–H and O–H groups in total. The van der Waals surface area contributed by atoms with Gasteiger partial charge < -0.3 is 10.4 Å². The van der Waals surface area contributed by atoms with Crippen molar-refractivity contribution < 1.29 is 14.7 Å². The minimum Gasteiger partial charge on any atom is -0.480 e. The molecule has 106 valence electrons. The van der Waals surface area contributed by atoms with E-state index in [1.54, 1.807) is 12.1 Å². The first kappa shape index (κ1) is 14.3. The Bertz CT molecular complexity index is 560. The predicted molar refractivity (Wildman–Crippen MR) is 77.5 cm³/mol. The lowest BCUT2D eigenvalue weighted by Crippen LogP contribution is -2.44. The van der Waals surface area contributed by atoms with Gasteiger partial charge in [-0.2, -0.15) is 0 Å². The molecule has 1 aliphatic rings. The van der Waals surface area contributed by atoms with E-state index in [-0.39, 0.29) is 6.42 Å². The van der Waals surface area contributed by atoms with E-state index < -0.39 is 17.3 Å². The maximum atomic E-state index is 12.4. The van der Waals surface area contributed by atoms with E-state index in [1.807, 2.05) is 32.1 Å². The number of carbonyl (C=O) groups excluding carboxylic acids is 1. The zero-order valence-corrected chi connectivity index (χ0v) is 11.8. The first-order valence-electron chi connectivity index (χ1n) is 6.71. The maximum Gasteiger partial charge on any atom is 0.319 e. The minimum absolute atomic E-state index is 0.278. The minimum atomic E-state index is -1.34. The number of aliphatic carboxylic acids is 1. The summed E-state index contributed by atoms with van der Waals surface area (Å²) < 4.78 is 0. The average Bonchev–Trinajstić information content (AvgIpc) is 2.41. The molecule has 4 heteroatoms. The molecule has 1 aliphatic carbocycles. The van der Waals surface area contributed by atoms with Gasteiger partial charge in [0.2, 0.25) is 5.91 Å². The largest absolute Gasteiger partial charge is 0.480 e. The number of hydrogen-bond acceptors (Lipinski definition) is 2. The molecule has 4 nitrogen and oxygen atoms in total. The highest BCUT2D eigenvalue weighted by molar-refractivity contribution is 6.08. The molecule has 0 heterocycles. The van der Waals surface area contributed by atoms with E-state index in [2.05, 4.69) is 5.32 Å². The number of aryl methyl sites for hydroxylation is 1. The summed E-state index contributed by atoms with van der Waals surface area (Å²) in [7, 11) is 0. The number of anilines is 1. The molecule has 20 heavy (non-hydrogen) atoms. The first-order chi connectivity index (χ1) is 9.44. The smallest absolute Gasteiger partial charge is 0.319 e. The molecule has 0 bridgehead atoms. The third-order valence-electron chi connectivity index (χ3n) is 3.80. The van der Waals surface area contributed by atoms with Gasteiger partial charge in [0.15, 0.2) is 5.41 Å². The Morgan fingerprint density at radius 2 is 1.85 bits per heavy atom. The van der Waals surface area contributed by atoms with E-state index in [0.717, 1.165) is 11.1 Å². The van der Waals surface area contributed by atoms with E-state index in [9.17, 15) is 14.7 Å². The van der Waals surface area contributed by atoms with Gasteiger partial charge in [-0.1, -0.05) is 29.3 Å². The molecule has 1 unspecified atom stereocenters. The monoisotopic (exact) mass is 273 g/mol. The van der Waals surface area contributed by atoms with Gasteiger partial charge in [0.25, 0.3) is 0 Å². The van der Waals surface area contributed by atoms with Crippen molar-refractivity contribution in [2.45, 2.75) is 33.1 Å². The number of rotatable bonds is 3. The fourth-order valence-corrected chi connectivity index (χ4v) is 2.56. The van der Waals surface area contributed by atoms with Crippen LogP contribution in [-0.4, -0.2) is 17.0 Å². The van der Waals surface area contributed by atoms with Gasteiger partial charge in [-0.05, 0) is 45.2 Å². The maximum absolute atomic E-state index is 12.4. The molecule has 0 fully saturated rings. The predicted octanol–water partition coefficient (Wildman–Crippen LogP) is 3.13. The quantitative estimate of drug-likeness (QED) is 0.656. The second kappa shape index (κ2) is 5.49. The fraction of sp³-hybridized carbons (Fsp3) is 0.375. The second-order valence-corrected chi connectivity index (χ2v) is 5.47. The topological polar surface area (TPSA) is 66.4 Å².